The van der Waals surface area contributed by atoms with Crippen molar-refractivity contribution in [2.75, 3.05) is 43.1 Å². The van der Waals surface area contributed by atoms with Crippen LogP contribution in [0.4, 0.5) is 11.5 Å². The fourth-order valence-electron chi connectivity index (χ4n) is 3.41. The molecule has 3 heterocycles. The van der Waals surface area contributed by atoms with Gasteiger partial charge in [0.1, 0.15) is 5.82 Å². The van der Waals surface area contributed by atoms with Gasteiger partial charge in [0, 0.05) is 43.4 Å². The monoisotopic (exact) mass is 353 g/mol. The molecule has 0 aliphatic carbocycles. The minimum atomic E-state index is -0.0801. The van der Waals surface area contributed by atoms with Crippen LogP contribution in [0.25, 0.3) is 11.4 Å². The first-order chi connectivity index (χ1) is 12.7. The van der Waals surface area contributed by atoms with E-state index in [9.17, 15) is 4.79 Å². The minimum Gasteiger partial charge on any atom is -0.378 e. The number of fused-ring (bicyclic) bond motifs is 1. The summed E-state index contributed by atoms with van der Waals surface area (Å²) in [6.45, 7) is 6.41. The van der Waals surface area contributed by atoms with Crippen LogP contribution >= 0.6 is 0 Å². The summed E-state index contributed by atoms with van der Waals surface area (Å²) in [5, 5.41) is 6.18. The molecule has 1 amide bonds. The molecule has 4 rings (SSSR count). The van der Waals surface area contributed by atoms with Crippen LogP contribution in [0, 0.1) is 0 Å². The van der Waals surface area contributed by atoms with Crippen LogP contribution in [0.1, 0.15) is 18.2 Å². The molecule has 0 spiro atoms. The Hall–Kier alpha value is -2.51. The molecule has 0 unspecified atom stereocenters. The number of carbonyl (C=O) groups excluding carboxylic acids is 1. The maximum Gasteiger partial charge on any atom is 0.221 e. The van der Waals surface area contributed by atoms with E-state index in [-0.39, 0.29) is 5.91 Å². The van der Waals surface area contributed by atoms with Gasteiger partial charge in [-0.3, -0.25) is 4.79 Å². The predicted molar refractivity (Wildman–Crippen MR) is 100 cm³/mol. The number of aromatic nitrogens is 2. The van der Waals surface area contributed by atoms with E-state index in [4.69, 9.17) is 14.7 Å². The summed E-state index contributed by atoms with van der Waals surface area (Å²) in [6.07, 6.45) is 0.948. The molecule has 1 aromatic carbocycles. The van der Waals surface area contributed by atoms with Crippen LogP contribution in [0.5, 0.6) is 0 Å². The summed E-state index contributed by atoms with van der Waals surface area (Å²) in [4.78, 5) is 23.2. The molecular weight excluding hydrogens is 330 g/mol. The Balaban J connectivity index is 1.70. The van der Waals surface area contributed by atoms with Crippen LogP contribution in [0.3, 0.4) is 0 Å². The van der Waals surface area contributed by atoms with Gasteiger partial charge in [-0.2, -0.15) is 0 Å². The first-order valence-electron chi connectivity index (χ1n) is 9.02. The Bertz CT molecular complexity index is 800. The van der Waals surface area contributed by atoms with Crippen LogP contribution in [-0.4, -0.2) is 48.7 Å². The zero-order valence-corrected chi connectivity index (χ0v) is 14.9. The first-order valence-corrected chi connectivity index (χ1v) is 9.02. The largest absolute Gasteiger partial charge is 0.378 e. The van der Waals surface area contributed by atoms with Crippen molar-refractivity contribution in [3.8, 4) is 11.4 Å². The number of rotatable bonds is 3. The summed E-state index contributed by atoms with van der Waals surface area (Å²) in [5.74, 6) is 1.69. The molecule has 2 N–H and O–H groups in total. The molecule has 26 heavy (non-hydrogen) atoms. The first kappa shape index (κ1) is 16.9. The van der Waals surface area contributed by atoms with E-state index < -0.39 is 0 Å². The van der Waals surface area contributed by atoms with E-state index in [1.165, 1.54) is 12.5 Å². The number of hydrogen-bond donors (Lipinski definition) is 2. The molecule has 0 bridgehead atoms. The number of hydrogen-bond acceptors (Lipinski definition) is 6. The summed E-state index contributed by atoms with van der Waals surface area (Å²) >= 11 is 0. The number of anilines is 2. The molecule has 2 aliphatic rings. The second-order valence-electron chi connectivity index (χ2n) is 6.58. The van der Waals surface area contributed by atoms with Crippen molar-refractivity contribution in [2.24, 2.45) is 0 Å². The number of benzene rings is 1. The van der Waals surface area contributed by atoms with Gasteiger partial charge in [0.25, 0.3) is 0 Å². The normalized spacial score (nSPS) is 16.9. The molecule has 1 saturated heterocycles. The third kappa shape index (κ3) is 3.54. The van der Waals surface area contributed by atoms with Gasteiger partial charge in [0.05, 0.1) is 18.9 Å². The highest BCUT2D eigenvalue weighted by Crippen LogP contribution is 2.28. The predicted octanol–water partition coefficient (Wildman–Crippen LogP) is 1.58. The maximum atomic E-state index is 11.2. The van der Waals surface area contributed by atoms with Crippen molar-refractivity contribution < 1.29 is 9.53 Å². The van der Waals surface area contributed by atoms with Crippen molar-refractivity contribution in [3.63, 3.8) is 0 Å². The minimum absolute atomic E-state index is 0.0801. The Morgan fingerprint density at radius 1 is 1.19 bits per heavy atom. The number of nitrogens with one attached hydrogen (secondary N) is 2. The lowest BCUT2D eigenvalue weighted by Crippen LogP contribution is -2.39. The number of carbonyl (C=O) groups is 1. The highest BCUT2D eigenvalue weighted by atomic mass is 16.5. The molecule has 1 fully saturated rings. The molecular formula is C19H23N5O2. The average molecular weight is 353 g/mol. The zero-order chi connectivity index (χ0) is 17.9. The number of amides is 1. The van der Waals surface area contributed by atoms with Gasteiger partial charge in [-0.15, -0.1) is 0 Å². The highest BCUT2D eigenvalue weighted by Gasteiger charge is 2.23. The van der Waals surface area contributed by atoms with Gasteiger partial charge in [-0.05, 0) is 37.2 Å². The van der Waals surface area contributed by atoms with E-state index in [1.54, 1.807) is 0 Å². The number of morpholine rings is 1. The smallest absolute Gasteiger partial charge is 0.221 e. The third-order valence-corrected chi connectivity index (χ3v) is 4.69. The Kier molecular flexibility index (Phi) is 4.81. The summed E-state index contributed by atoms with van der Waals surface area (Å²) in [7, 11) is 0. The van der Waals surface area contributed by atoms with Gasteiger partial charge in [-0.1, -0.05) is 0 Å². The van der Waals surface area contributed by atoms with E-state index in [0.717, 1.165) is 74.4 Å². The van der Waals surface area contributed by atoms with Gasteiger partial charge in [0.2, 0.25) is 5.91 Å². The van der Waals surface area contributed by atoms with Gasteiger partial charge in [0.15, 0.2) is 5.82 Å². The molecule has 7 nitrogen and oxygen atoms in total. The molecule has 1 aromatic heterocycles. The van der Waals surface area contributed by atoms with Gasteiger partial charge < -0.3 is 20.3 Å². The SMILES string of the molecule is CC(=O)Nc1ccc(-c2nc3c(c(N4CCOCC4)n2)CCNC3)cc1. The fourth-order valence-corrected chi connectivity index (χ4v) is 3.41. The summed E-state index contributed by atoms with van der Waals surface area (Å²) in [6, 6.07) is 7.66. The highest BCUT2D eigenvalue weighted by molar-refractivity contribution is 5.88. The Labute approximate surface area is 152 Å². The second kappa shape index (κ2) is 7.39. The lowest BCUT2D eigenvalue weighted by Gasteiger charge is -2.31. The molecule has 0 atom stereocenters. The van der Waals surface area contributed by atoms with Crippen molar-refractivity contribution in [2.45, 2.75) is 19.9 Å². The third-order valence-electron chi connectivity index (χ3n) is 4.69. The van der Waals surface area contributed by atoms with Crippen LogP contribution in [0.15, 0.2) is 24.3 Å². The topological polar surface area (TPSA) is 79.4 Å². The number of nitrogens with zero attached hydrogens (tertiary/aromatic N) is 3. The summed E-state index contributed by atoms with van der Waals surface area (Å²) < 4.78 is 5.49. The standard InChI is InChI=1S/C19H23N5O2/c1-13(25)21-15-4-2-14(3-5-15)18-22-17-12-20-7-6-16(17)19(23-18)24-8-10-26-11-9-24/h2-5,20H,6-12H2,1H3,(H,21,25). The van der Waals surface area contributed by atoms with E-state index in [1.807, 2.05) is 24.3 Å². The second-order valence-corrected chi connectivity index (χ2v) is 6.58. The van der Waals surface area contributed by atoms with Crippen LogP contribution in [0.2, 0.25) is 0 Å². The Morgan fingerprint density at radius 2 is 1.96 bits per heavy atom. The quantitative estimate of drug-likeness (QED) is 0.872. The molecule has 2 aliphatic heterocycles. The van der Waals surface area contributed by atoms with Crippen molar-refractivity contribution >= 4 is 17.4 Å². The van der Waals surface area contributed by atoms with Crippen LogP contribution < -0.4 is 15.5 Å². The molecule has 7 heteroatoms. The lowest BCUT2D eigenvalue weighted by atomic mass is 10.1. The van der Waals surface area contributed by atoms with Gasteiger partial charge >= 0.3 is 0 Å². The van der Waals surface area contributed by atoms with Gasteiger partial charge in [-0.25, -0.2) is 9.97 Å². The molecule has 2 aromatic rings. The average Bonchev–Trinajstić information content (AvgIpc) is 2.68. The Morgan fingerprint density at radius 3 is 2.69 bits per heavy atom. The molecule has 0 saturated carbocycles. The zero-order valence-electron chi connectivity index (χ0n) is 14.9. The molecule has 0 radical (unpaired) electrons. The van der Waals surface area contributed by atoms with E-state index in [0.29, 0.717) is 0 Å². The van der Waals surface area contributed by atoms with Crippen molar-refractivity contribution in [1.82, 2.24) is 15.3 Å². The summed E-state index contributed by atoms with van der Waals surface area (Å²) in [5.41, 5.74) is 4.05. The molecule has 136 valence electrons. The van der Waals surface area contributed by atoms with E-state index >= 15 is 0 Å². The lowest BCUT2D eigenvalue weighted by molar-refractivity contribution is -0.114. The van der Waals surface area contributed by atoms with E-state index in [2.05, 4.69) is 15.5 Å². The van der Waals surface area contributed by atoms with Crippen LogP contribution in [-0.2, 0) is 22.5 Å². The maximum absolute atomic E-state index is 11.2. The van der Waals surface area contributed by atoms with Crippen molar-refractivity contribution in [1.29, 1.82) is 0 Å². The van der Waals surface area contributed by atoms with Crippen molar-refractivity contribution in [3.05, 3.63) is 35.5 Å². The number of ether oxygens (including phenoxy) is 1. The fraction of sp³-hybridized carbons (Fsp3) is 0.421.